The van der Waals surface area contributed by atoms with Crippen LogP contribution in [0.2, 0.25) is 0 Å². The monoisotopic (exact) mass is 448 g/mol. The van der Waals surface area contributed by atoms with E-state index in [1.165, 1.54) is 9.95 Å². The summed E-state index contributed by atoms with van der Waals surface area (Å²) in [6, 6.07) is 19.3. The molecule has 7 heteroatoms. The van der Waals surface area contributed by atoms with E-state index in [9.17, 15) is 9.90 Å². The zero-order chi connectivity index (χ0) is 22.3. The molecule has 0 saturated carbocycles. The van der Waals surface area contributed by atoms with Crippen LogP contribution in [0.3, 0.4) is 0 Å². The Labute approximate surface area is 190 Å². The minimum Gasteiger partial charge on any atom is -0.497 e. The van der Waals surface area contributed by atoms with Gasteiger partial charge in [0.1, 0.15) is 18.1 Å². The number of ether oxygens (including phenoxy) is 2. The van der Waals surface area contributed by atoms with Gasteiger partial charge in [-0.2, -0.15) is 0 Å². The number of methoxy groups -OCH3 is 1. The fourth-order valence-corrected chi connectivity index (χ4v) is 4.23. The molecule has 1 unspecified atom stereocenters. The number of benzene rings is 2. The fraction of sp³-hybridized carbons (Fsp3) is 0.200. The van der Waals surface area contributed by atoms with E-state index in [0.29, 0.717) is 12.2 Å². The van der Waals surface area contributed by atoms with Crippen molar-refractivity contribution in [3.8, 4) is 28.5 Å². The molecule has 2 heterocycles. The first-order valence-corrected chi connectivity index (χ1v) is 11.2. The Morgan fingerprint density at radius 2 is 1.81 bits per heavy atom. The Kier molecular flexibility index (Phi) is 6.87. The molecule has 0 fully saturated rings. The van der Waals surface area contributed by atoms with Crippen molar-refractivity contribution in [2.45, 2.75) is 18.9 Å². The van der Waals surface area contributed by atoms with E-state index in [1.807, 2.05) is 60.7 Å². The van der Waals surface area contributed by atoms with Gasteiger partial charge in [-0.1, -0.05) is 35.6 Å². The molecule has 6 nitrogen and oxygen atoms in total. The lowest BCUT2D eigenvalue weighted by Crippen LogP contribution is -2.25. The first-order valence-electron chi connectivity index (χ1n) is 10.3. The lowest BCUT2D eigenvalue weighted by molar-refractivity contribution is 0.228. The lowest BCUT2D eigenvalue weighted by Gasteiger charge is -2.19. The number of aromatic hydroxyl groups is 1. The van der Waals surface area contributed by atoms with Gasteiger partial charge >= 0.3 is 4.87 Å². The summed E-state index contributed by atoms with van der Waals surface area (Å²) in [4.78, 5) is 16.1. The summed E-state index contributed by atoms with van der Waals surface area (Å²) in [5.74, 6) is 1.48. The molecule has 0 saturated heterocycles. The van der Waals surface area contributed by atoms with Gasteiger partial charge in [0, 0.05) is 12.4 Å². The Bertz CT molecular complexity index is 1200. The van der Waals surface area contributed by atoms with E-state index in [2.05, 4.69) is 4.98 Å². The molecular weight excluding hydrogens is 424 g/mol. The van der Waals surface area contributed by atoms with Crippen LogP contribution in [-0.4, -0.2) is 28.4 Å². The van der Waals surface area contributed by atoms with Crippen LogP contribution in [0.15, 0.2) is 83.2 Å². The fourth-order valence-electron chi connectivity index (χ4n) is 3.55. The SMILES string of the molecule is COc1cccc(-c2ccc(OCC(CCc3ccncc3)n3c(O)csc3=O)cc2)c1. The van der Waals surface area contributed by atoms with Crippen molar-refractivity contribution in [1.82, 2.24) is 9.55 Å². The van der Waals surface area contributed by atoms with E-state index in [4.69, 9.17) is 9.47 Å². The standard InChI is InChI=1S/C25H24N2O4S/c1-30-23-4-2-3-20(15-23)19-6-9-22(10-7-19)31-16-21(27-24(28)17-32-25(27)29)8-5-18-11-13-26-14-12-18/h2-4,6-7,9-15,17,21,28H,5,8,16H2,1H3. The molecule has 1 atom stereocenters. The van der Waals surface area contributed by atoms with Crippen LogP contribution in [0.1, 0.15) is 18.0 Å². The molecule has 0 aliphatic carbocycles. The predicted molar refractivity (Wildman–Crippen MR) is 126 cm³/mol. The van der Waals surface area contributed by atoms with Crippen molar-refractivity contribution < 1.29 is 14.6 Å². The summed E-state index contributed by atoms with van der Waals surface area (Å²) >= 11 is 0.987. The second-order valence-corrected chi connectivity index (χ2v) is 8.17. The minimum atomic E-state index is -0.292. The van der Waals surface area contributed by atoms with Crippen LogP contribution in [0, 0.1) is 0 Å². The summed E-state index contributed by atoms with van der Waals surface area (Å²) in [5.41, 5.74) is 3.23. The van der Waals surface area contributed by atoms with Crippen molar-refractivity contribution >= 4 is 11.3 Å². The molecular formula is C25H24N2O4S. The van der Waals surface area contributed by atoms with Gasteiger partial charge in [-0.05, 0) is 65.9 Å². The zero-order valence-corrected chi connectivity index (χ0v) is 18.5. The topological polar surface area (TPSA) is 73.6 Å². The van der Waals surface area contributed by atoms with Crippen LogP contribution >= 0.6 is 11.3 Å². The number of hydrogen-bond acceptors (Lipinski definition) is 6. The van der Waals surface area contributed by atoms with Gasteiger partial charge in [-0.25, -0.2) is 0 Å². The predicted octanol–water partition coefficient (Wildman–Crippen LogP) is 4.94. The average Bonchev–Trinajstić information content (AvgIpc) is 3.18. The Balaban J connectivity index is 1.47. The van der Waals surface area contributed by atoms with E-state index in [1.54, 1.807) is 19.5 Å². The zero-order valence-electron chi connectivity index (χ0n) is 17.7. The number of thiazole rings is 1. The molecule has 0 radical (unpaired) electrons. The maximum Gasteiger partial charge on any atom is 0.310 e. The molecule has 0 amide bonds. The van der Waals surface area contributed by atoms with Gasteiger partial charge in [-0.15, -0.1) is 0 Å². The smallest absolute Gasteiger partial charge is 0.310 e. The highest BCUT2D eigenvalue weighted by molar-refractivity contribution is 7.07. The number of rotatable bonds is 9. The Morgan fingerprint density at radius 1 is 1.03 bits per heavy atom. The van der Waals surface area contributed by atoms with Crippen LogP contribution < -0.4 is 14.3 Å². The number of aryl methyl sites for hydroxylation is 1. The Hall–Kier alpha value is -3.58. The van der Waals surface area contributed by atoms with E-state index in [0.717, 1.165) is 40.2 Å². The van der Waals surface area contributed by atoms with Gasteiger partial charge in [-0.3, -0.25) is 14.3 Å². The molecule has 4 rings (SSSR count). The lowest BCUT2D eigenvalue weighted by atomic mass is 10.1. The third-order valence-electron chi connectivity index (χ3n) is 5.29. The average molecular weight is 449 g/mol. The first kappa shape index (κ1) is 21.6. The summed E-state index contributed by atoms with van der Waals surface area (Å²) < 4.78 is 12.7. The number of aromatic nitrogens is 2. The minimum absolute atomic E-state index is 0.0308. The van der Waals surface area contributed by atoms with Crippen LogP contribution in [0.5, 0.6) is 17.4 Å². The van der Waals surface area contributed by atoms with Crippen molar-refractivity contribution in [3.05, 3.63) is 93.7 Å². The quantitative estimate of drug-likeness (QED) is 0.393. The third kappa shape index (κ3) is 5.18. The summed E-state index contributed by atoms with van der Waals surface area (Å²) in [6.07, 6.45) is 4.89. The maximum absolute atomic E-state index is 12.3. The van der Waals surface area contributed by atoms with Crippen molar-refractivity contribution in [1.29, 1.82) is 0 Å². The van der Waals surface area contributed by atoms with Crippen molar-refractivity contribution in [3.63, 3.8) is 0 Å². The van der Waals surface area contributed by atoms with E-state index < -0.39 is 0 Å². The van der Waals surface area contributed by atoms with Gasteiger partial charge in [0.05, 0.1) is 18.5 Å². The second kappa shape index (κ2) is 10.2. The van der Waals surface area contributed by atoms with Crippen molar-refractivity contribution in [2.75, 3.05) is 13.7 Å². The normalized spacial score (nSPS) is 11.8. The number of hydrogen-bond donors (Lipinski definition) is 1. The molecule has 2 aromatic heterocycles. The van der Waals surface area contributed by atoms with Gasteiger partial charge in [0.25, 0.3) is 0 Å². The first-order chi connectivity index (χ1) is 15.6. The molecule has 0 bridgehead atoms. The van der Waals surface area contributed by atoms with Gasteiger partial charge < -0.3 is 14.6 Å². The van der Waals surface area contributed by atoms with Gasteiger partial charge in [0.15, 0.2) is 0 Å². The van der Waals surface area contributed by atoms with Crippen LogP contribution in [0.25, 0.3) is 11.1 Å². The molecule has 2 aromatic carbocycles. The summed E-state index contributed by atoms with van der Waals surface area (Å²) in [7, 11) is 1.65. The molecule has 0 aliphatic heterocycles. The molecule has 4 aromatic rings. The number of nitrogens with zero attached hydrogens (tertiary/aromatic N) is 2. The highest BCUT2D eigenvalue weighted by atomic mass is 32.1. The summed E-state index contributed by atoms with van der Waals surface area (Å²) in [6.45, 7) is 0.272. The van der Waals surface area contributed by atoms with E-state index >= 15 is 0 Å². The van der Waals surface area contributed by atoms with Crippen LogP contribution in [-0.2, 0) is 6.42 Å². The van der Waals surface area contributed by atoms with Crippen molar-refractivity contribution in [2.24, 2.45) is 0 Å². The second-order valence-electron chi connectivity index (χ2n) is 7.35. The van der Waals surface area contributed by atoms with E-state index in [-0.39, 0.29) is 23.4 Å². The highest BCUT2D eigenvalue weighted by Gasteiger charge is 2.19. The third-order valence-corrected chi connectivity index (χ3v) is 6.02. The summed E-state index contributed by atoms with van der Waals surface area (Å²) in [5, 5.41) is 11.7. The highest BCUT2D eigenvalue weighted by Crippen LogP contribution is 2.27. The number of pyridine rings is 1. The maximum atomic E-state index is 12.3. The molecule has 0 aliphatic rings. The molecule has 32 heavy (non-hydrogen) atoms. The van der Waals surface area contributed by atoms with Gasteiger partial charge in [0.2, 0.25) is 5.88 Å². The Morgan fingerprint density at radius 3 is 2.50 bits per heavy atom. The molecule has 0 spiro atoms. The largest absolute Gasteiger partial charge is 0.497 e. The molecule has 1 N–H and O–H groups in total. The van der Waals surface area contributed by atoms with Crippen LogP contribution in [0.4, 0.5) is 0 Å². The molecule has 164 valence electrons.